The number of carboxylic acid groups (broad SMARTS) is 1. The molecular weight excluding hydrogens is 452 g/mol. The Labute approximate surface area is 227 Å². The van der Waals surface area contributed by atoms with E-state index < -0.39 is 5.97 Å². The standard InChI is InChI=1S/C34H50O2.CH4/c1-8-9-26-24-14-15-29-33(6,27(24)16-19-31(26,2)3)21-18-28-32(4,5)25(17-20-34(28,29)7)22-10-12-23(13-11-22)30(35)36;/h10-13,17,24,26-29H,8-9,14-16,18-21H2,1-7H3,(H,35,36);1H4. The predicted molar refractivity (Wildman–Crippen MR) is 157 cm³/mol. The molecule has 0 aromatic heterocycles. The van der Waals surface area contributed by atoms with E-state index in [0.29, 0.717) is 27.7 Å². The minimum Gasteiger partial charge on any atom is -0.478 e. The SMILES string of the molecule is C.CCCC1C2CCC3C(C)(CCC4C(C)(C)C(c5ccc(C(=O)O)cc5)=CCC43C)C2CCC1(C)C. The summed E-state index contributed by atoms with van der Waals surface area (Å²) >= 11 is 0. The van der Waals surface area contributed by atoms with E-state index in [1.54, 1.807) is 12.1 Å². The number of rotatable bonds is 4. The van der Waals surface area contributed by atoms with Crippen LogP contribution in [0.3, 0.4) is 0 Å². The van der Waals surface area contributed by atoms with Crippen molar-refractivity contribution in [3.63, 3.8) is 0 Å². The number of fused-ring (bicyclic) bond motifs is 5. The van der Waals surface area contributed by atoms with Crippen molar-refractivity contribution < 1.29 is 9.90 Å². The third-order valence-corrected chi connectivity index (χ3v) is 12.5. The Kier molecular flexibility index (Phi) is 7.35. The summed E-state index contributed by atoms with van der Waals surface area (Å²) in [7, 11) is 0. The van der Waals surface area contributed by atoms with Gasteiger partial charge in [0.2, 0.25) is 0 Å². The minimum absolute atomic E-state index is 0. The van der Waals surface area contributed by atoms with Crippen molar-refractivity contribution in [1.29, 1.82) is 0 Å². The zero-order valence-corrected chi connectivity index (χ0v) is 24.0. The molecule has 0 spiro atoms. The van der Waals surface area contributed by atoms with Gasteiger partial charge < -0.3 is 5.11 Å². The summed E-state index contributed by atoms with van der Waals surface area (Å²) in [5.41, 5.74) is 4.43. The van der Waals surface area contributed by atoms with Gasteiger partial charge in [0, 0.05) is 0 Å². The lowest BCUT2D eigenvalue weighted by Crippen LogP contribution is -2.61. The van der Waals surface area contributed by atoms with Crippen molar-refractivity contribution in [1.82, 2.24) is 0 Å². The van der Waals surface area contributed by atoms with Gasteiger partial charge in [-0.3, -0.25) is 0 Å². The third kappa shape index (κ3) is 4.24. The van der Waals surface area contributed by atoms with E-state index in [4.69, 9.17) is 0 Å². The smallest absolute Gasteiger partial charge is 0.335 e. The highest BCUT2D eigenvalue weighted by Crippen LogP contribution is 2.72. The van der Waals surface area contributed by atoms with Crippen LogP contribution in [0.5, 0.6) is 0 Å². The van der Waals surface area contributed by atoms with E-state index in [0.717, 1.165) is 23.7 Å². The molecule has 0 bridgehead atoms. The topological polar surface area (TPSA) is 37.3 Å². The maximum absolute atomic E-state index is 11.4. The molecule has 1 aromatic rings. The van der Waals surface area contributed by atoms with E-state index in [2.05, 4.69) is 54.5 Å². The molecule has 206 valence electrons. The summed E-state index contributed by atoms with van der Waals surface area (Å²) in [6.45, 7) is 17.8. The van der Waals surface area contributed by atoms with Gasteiger partial charge >= 0.3 is 5.97 Å². The van der Waals surface area contributed by atoms with E-state index >= 15 is 0 Å². The lowest BCUT2D eigenvalue weighted by Gasteiger charge is -2.68. The first-order chi connectivity index (χ1) is 16.9. The average molecular weight is 507 g/mol. The van der Waals surface area contributed by atoms with Crippen LogP contribution in [0.4, 0.5) is 0 Å². The molecule has 3 saturated carbocycles. The summed E-state index contributed by atoms with van der Waals surface area (Å²) in [6, 6.07) is 7.63. The van der Waals surface area contributed by atoms with Crippen LogP contribution in [0, 0.1) is 51.2 Å². The number of benzene rings is 1. The molecule has 3 fully saturated rings. The number of carbonyl (C=O) groups is 1. The Morgan fingerprint density at radius 1 is 0.892 bits per heavy atom. The van der Waals surface area contributed by atoms with E-state index in [-0.39, 0.29) is 12.8 Å². The summed E-state index contributed by atoms with van der Waals surface area (Å²) in [4.78, 5) is 11.4. The highest BCUT2D eigenvalue weighted by Gasteiger charge is 2.64. The zero-order chi connectivity index (χ0) is 26.1. The second-order valence-corrected chi connectivity index (χ2v) is 14.9. The van der Waals surface area contributed by atoms with Crippen LogP contribution in [0.1, 0.15) is 130 Å². The van der Waals surface area contributed by atoms with Gasteiger partial charge in [-0.25, -0.2) is 4.79 Å². The van der Waals surface area contributed by atoms with Crippen molar-refractivity contribution in [2.45, 2.75) is 114 Å². The molecular formula is C35H54O2. The fraction of sp³-hybridized carbons (Fsp3) is 0.743. The molecule has 4 aliphatic carbocycles. The molecule has 0 aliphatic heterocycles. The highest BCUT2D eigenvalue weighted by atomic mass is 16.4. The van der Waals surface area contributed by atoms with E-state index in [1.807, 2.05) is 12.1 Å². The largest absolute Gasteiger partial charge is 0.478 e. The monoisotopic (exact) mass is 506 g/mol. The third-order valence-electron chi connectivity index (χ3n) is 12.5. The normalized spacial score (nSPS) is 39.8. The molecule has 1 aromatic carbocycles. The molecule has 2 heteroatoms. The lowest BCUT2D eigenvalue weighted by atomic mass is 9.36. The molecule has 7 unspecified atom stereocenters. The van der Waals surface area contributed by atoms with Gasteiger partial charge in [-0.1, -0.05) is 80.5 Å². The Balaban J connectivity index is 0.00000320. The molecule has 0 amide bonds. The zero-order valence-electron chi connectivity index (χ0n) is 24.0. The fourth-order valence-electron chi connectivity index (χ4n) is 10.9. The van der Waals surface area contributed by atoms with Crippen molar-refractivity contribution in [2.24, 2.45) is 51.2 Å². The van der Waals surface area contributed by atoms with Crippen molar-refractivity contribution >= 4 is 11.5 Å². The van der Waals surface area contributed by atoms with Crippen LogP contribution in [-0.2, 0) is 0 Å². The van der Waals surface area contributed by atoms with Gasteiger partial charge in [-0.05, 0) is 126 Å². The Hall–Kier alpha value is -1.57. The van der Waals surface area contributed by atoms with Crippen molar-refractivity contribution in [3.8, 4) is 0 Å². The molecule has 0 saturated heterocycles. The highest BCUT2D eigenvalue weighted by molar-refractivity contribution is 5.88. The van der Waals surface area contributed by atoms with Crippen LogP contribution in [0.15, 0.2) is 30.3 Å². The molecule has 7 atom stereocenters. The molecule has 0 radical (unpaired) electrons. The molecule has 0 heterocycles. The van der Waals surface area contributed by atoms with E-state index in [9.17, 15) is 9.90 Å². The molecule has 37 heavy (non-hydrogen) atoms. The second kappa shape index (κ2) is 9.56. The number of hydrogen-bond donors (Lipinski definition) is 1. The van der Waals surface area contributed by atoms with Crippen LogP contribution < -0.4 is 0 Å². The number of aromatic carboxylic acids is 1. The minimum atomic E-state index is -0.847. The summed E-state index contributed by atoms with van der Waals surface area (Å²) < 4.78 is 0. The Morgan fingerprint density at radius 2 is 1.57 bits per heavy atom. The van der Waals surface area contributed by atoms with Gasteiger partial charge in [0.15, 0.2) is 0 Å². The molecule has 4 aliphatic rings. The maximum atomic E-state index is 11.4. The van der Waals surface area contributed by atoms with Gasteiger partial charge in [0.1, 0.15) is 0 Å². The summed E-state index contributed by atoms with van der Waals surface area (Å²) in [6.07, 6.45) is 14.9. The fourth-order valence-corrected chi connectivity index (χ4v) is 10.9. The first-order valence-electron chi connectivity index (χ1n) is 14.9. The predicted octanol–water partition coefficient (Wildman–Crippen LogP) is 10.1. The molecule has 2 nitrogen and oxygen atoms in total. The maximum Gasteiger partial charge on any atom is 0.335 e. The average Bonchev–Trinajstić information content (AvgIpc) is 2.80. The van der Waals surface area contributed by atoms with Crippen LogP contribution in [0.2, 0.25) is 0 Å². The van der Waals surface area contributed by atoms with Crippen LogP contribution >= 0.6 is 0 Å². The van der Waals surface area contributed by atoms with Crippen LogP contribution in [0.25, 0.3) is 5.57 Å². The molecule has 5 rings (SSSR count). The Bertz CT molecular complexity index is 1030. The first kappa shape index (κ1) is 28.4. The van der Waals surface area contributed by atoms with Crippen LogP contribution in [-0.4, -0.2) is 11.1 Å². The van der Waals surface area contributed by atoms with Gasteiger partial charge in [-0.2, -0.15) is 0 Å². The quantitative estimate of drug-likeness (QED) is 0.441. The number of hydrogen-bond acceptors (Lipinski definition) is 1. The number of allylic oxidation sites excluding steroid dienone is 2. The first-order valence-corrected chi connectivity index (χ1v) is 14.9. The lowest BCUT2D eigenvalue weighted by molar-refractivity contribution is -0.179. The van der Waals surface area contributed by atoms with Crippen molar-refractivity contribution in [3.05, 3.63) is 41.5 Å². The van der Waals surface area contributed by atoms with Gasteiger partial charge in [-0.15, -0.1) is 0 Å². The number of carboxylic acids is 1. The summed E-state index contributed by atoms with van der Waals surface area (Å²) in [5.74, 6) is 3.35. The van der Waals surface area contributed by atoms with Crippen molar-refractivity contribution in [2.75, 3.05) is 0 Å². The Morgan fingerprint density at radius 3 is 2.19 bits per heavy atom. The van der Waals surface area contributed by atoms with Gasteiger partial charge in [0.25, 0.3) is 0 Å². The second-order valence-electron chi connectivity index (χ2n) is 14.9. The van der Waals surface area contributed by atoms with E-state index in [1.165, 1.54) is 68.9 Å². The summed E-state index contributed by atoms with van der Waals surface area (Å²) in [5, 5.41) is 9.35. The molecule has 1 N–H and O–H groups in total. The van der Waals surface area contributed by atoms with Gasteiger partial charge in [0.05, 0.1) is 5.56 Å².